The number of hydrogen-bond donors (Lipinski definition) is 1. The normalized spacial score (nSPS) is 12.5. The highest BCUT2D eigenvalue weighted by atomic mass is 16.5. The predicted octanol–water partition coefficient (Wildman–Crippen LogP) is 3.13. The van der Waals surface area contributed by atoms with Crippen LogP contribution in [0.1, 0.15) is 48.4 Å². The molecule has 0 aromatic carbocycles. The molecule has 0 bridgehead atoms. The highest BCUT2D eigenvalue weighted by molar-refractivity contribution is 5.40. The first-order chi connectivity index (χ1) is 9.01. The third kappa shape index (κ3) is 2.92. The summed E-state index contributed by atoms with van der Waals surface area (Å²) in [5, 5.41) is 7.37. The Labute approximate surface area is 113 Å². The Morgan fingerprint density at radius 3 is 2.58 bits per heavy atom. The number of anilines is 1. The minimum atomic E-state index is 0.102. The van der Waals surface area contributed by atoms with Crippen LogP contribution >= 0.6 is 0 Å². The fourth-order valence-electron chi connectivity index (χ4n) is 2.29. The van der Waals surface area contributed by atoms with Crippen molar-refractivity contribution in [2.75, 3.05) is 5.32 Å². The monoisotopic (exact) mass is 260 g/mol. The van der Waals surface area contributed by atoms with Crippen LogP contribution in [-0.4, -0.2) is 15.1 Å². The second-order valence-electron chi connectivity index (χ2n) is 4.75. The van der Waals surface area contributed by atoms with Crippen molar-refractivity contribution in [1.29, 1.82) is 0 Å². The van der Waals surface area contributed by atoms with E-state index in [1.54, 1.807) is 0 Å². The molecule has 102 valence electrons. The van der Waals surface area contributed by atoms with Gasteiger partial charge in [-0.25, -0.2) is 9.97 Å². The van der Waals surface area contributed by atoms with Gasteiger partial charge in [-0.3, -0.25) is 0 Å². The molecule has 1 unspecified atom stereocenters. The zero-order valence-corrected chi connectivity index (χ0v) is 12.1. The topological polar surface area (TPSA) is 63.8 Å². The maximum atomic E-state index is 5.20. The van der Waals surface area contributed by atoms with Crippen LogP contribution in [0.25, 0.3) is 0 Å². The summed E-state index contributed by atoms with van der Waals surface area (Å²) in [6, 6.07) is 2.09. The maximum absolute atomic E-state index is 5.20. The van der Waals surface area contributed by atoms with E-state index in [0.29, 0.717) is 0 Å². The van der Waals surface area contributed by atoms with Gasteiger partial charge >= 0.3 is 0 Å². The molecule has 0 spiro atoms. The highest BCUT2D eigenvalue weighted by Gasteiger charge is 2.16. The summed E-state index contributed by atoms with van der Waals surface area (Å²) >= 11 is 0. The summed E-state index contributed by atoms with van der Waals surface area (Å²) in [4.78, 5) is 8.79. The van der Waals surface area contributed by atoms with Gasteiger partial charge in [0.2, 0.25) is 0 Å². The number of aryl methyl sites for hydroxylation is 4. The zero-order chi connectivity index (χ0) is 14.0. The molecule has 5 heteroatoms. The Morgan fingerprint density at radius 1 is 1.26 bits per heavy atom. The summed E-state index contributed by atoms with van der Waals surface area (Å²) in [7, 11) is 0. The van der Waals surface area contributed by atoms with E-state index in [4.69, 9.17) is 4.52 Å². The first-order valence-corrected chi connectivity index (χ1v) is 6.55. The van der Waals surface area contributed by atoms with E-state index < -0.39 is 0 Å². The lowest BCUT2D eigenvalue weighted by Crippen LogP contribution is -2.11. The van der Waals surface area contributed by atoms with E-state index in [0.717, 1.165) is 40.8 Å². The van der Waals surface area contributed by atoms with Gasteiger partial charge in [-0.15, -0.1) is 0 Å². The van der Waals surface area contributed by atoms with Crippen LogP contribution in [0.3, 0.4) is 0 Å². The lowest BCUT2D eigenvalue weighted by Gasteiger charge is -2.15. The Bertz CT molecular complexity index is 557. The van der Waals surface area contributed by atoms with Crippen molar-refractivity contribution in [2.45, 2.75) is 47.1 Å². The predicted molar refractivity (Wildman–Crippen MR) is 74.2 cm³/mol. The maximum Gasteiger partial charge on any atom is 0.139 e. The van der Waals surface area contributed by atoms with Crippen molar-refractivity contribution in [1.82, 2.24) is 15.1 Å². The molecule has 0 fully saturated rings. The Hall–Kier alpha value is -1.91. The van der Waals surface area contributed by atoms with E-state index in [1.165, 1.54) is 0 Å². The SMILES string of the molecule is CCc1cc(NC(C)c2c(C)noc2C)nc(C)n1. The van der Waals surface area contributed by atoms with Gasteiger partial charge in [0.05, 0.1) is 11.7 Å². The Balaban J connectivity index is 2.24. The van der Waals surface area contributed by atoms with Crippen LogP contribution < -0.4 is 5.32 Å². The summed E-state index contributed by atoms with van der Waals surface area (Å²) in [6.07, 6.45) is 0.901. The van der Waals surface area contributed by atoms with Crippen molar-refractivity contribution in [3.8, 4) is 0 Å². The van der Waals surface area contributed by atoms with Gasteiger partial charge < -0.3 is 9.84 Å². The largest absolute Gasteiger partial charge is 0.363 e. The first-order valence-electron chi connectivity index (χ1n) is 6.55. The Morgan fingerprint density at radius 2 is 2.00 bits per heavy atom. The van der Waals surface area contributed by atoms with E-state index >= 15 is 0 Å². The summed E-state index contributed by atoms with van der Waals surface area (Å²) < 4.78 is 5.20. The van der Waals surface area contributed by atoms with Crippen LogP contribution in [-0.2, 0) is 6.42 Å². The molecule has 1 atom stereocenters. The molecule has 0 saturated carbocycles. The molecule has 0 saturated heterocycles. The fraction of sp³-hybridized carbons (Fsp3) is 0.500. The average molecular weight is 260 g/mol. The molecular weight excluding hydrogens is 240 g/mol. The van der Waals surface area contributed by atoms with E-state index in [1.807, 2.05) is 26.8 Å². The minimum Gasteiger partial charge on any atom is -0.363 e. The van der Waals surface area contributed by atoms with Gasteiger partial charge in [0.25, 0.3) is 0 Å². The number of hydrogen-bond acceptors (Lipinski definition) is 5. The van der Waals surface area contributed by atoms with Crippen LogP contribution in [0, 0.1) is 20.8 Å². The first kappa shape index (κ1) is 13.5. The van der Waals surface area contributed by atoms with Gasteiger partial charge in [0.15, 0.2) is 0 Å². The number of aromatic nitrogens is 3. The highest BCUT2D eigenvalue weighted by Crippen LogP contribution is 2.24. The van der Waals surface area contributed by atoms with E-state index in [9.17, 15) is 0 Å². The molecule has 19 heavy (non-hydrogen) atoms. The van der Waals surface area contributed by atoms with Gasteiger partial charge in [0, 0.05) is 17.3 Å². The van der Waals surface area contributed by atoms with Crippen molar-refractivity contribution in [2.24, 2.45) is 0 Å². The molecular formula is C14H20N4O. The summed E-state index contributed by atoms with van der Waals surface area (Å²) in [5.41, 5.74) is 3.05. The molecule has 0 amide bonds. The molecule has 0 aliphatic heterocycles. The van der Waals surface area contributed by atoms with Crippen molar-refractivity contribution >= 4 is 5.82 Å². The quantitative estimate of drug-likeness (QED) is 0.915. The Kier molecular flexibility index (Phi) is 3.83. The zero-order valence-electron chi connectivity index (χ0n) is 12.1. The minimum absolute atomic E-state index is 0.102. The van der Waals surface area contributed by atoms with Crippen LogP contribution in [0.5, 0.6) is 0 Å². The van der Waals surface area contributed by atoms with Crippen LogP contribution in [0.4, 0.5) is 5.82 Å². The van der Waals surface area contributed by atoms with E-state index in [2.05, 4.69) is 34.3 Å². The molecule has 2 rings (SSSR count). The second-order valence-corrected chi connectivity index (χ2v) is 4.75. The molecule has 1 N–H and O–H groups in total. The third-order valence-corrected chi connectivity index (χ3v) is 3.14. The molecule has 0 radical (unpaired) electrons. The molecule has 2 aromatic rings. The van der Waals surface area contributed by atoms with Crippen molar-refractivity contribution in [3.63, 3.8) is 0 Å². The average Bonchev–Trinajstić information content (AvgIpc) is 2.68. The van der Waals surface area contributed by atoms with Crippen LogP contribution in [0.2, 0.25) is 0 Å². The molecule has 0 aliphatic carbocycles. The molecule has 5 nitrogen and oxygen atoms in total. The lowest BCUT2D eigenvalue weighted by atomic mass is 10.1. The molecule has 2 heterocycles. The van der Waals surface area contributed by atoms with Gasteiger partial charge in [0.1, 0.15) is 17.4 Å². The number of nitrogens with zero attached hydrogens (tertiary/aromatic N) is 3. The second kappa shape index (κ2) is 5.38. The third-order valence-electron chi connectivity index (χ3n) is 3.14. The van der Waals surface area contributed by atoms with Gasteiger partial charge in [-0.05, 0) is 34.1 Å². The summed E-state index contributed by atoms with van der Waals surface area (Å²) in [6.45, 7) is 9.95. The summed E-state index contributed by atoms with van der Waals surface area (Å²) in [5.74, 6) is 2.48. The molecule has 0 aliphatic rings. The fourth-order valence-corrected chi connectivity index (χ4v) is 2.29. The van der Waals surface area contributed by atoms with Gasteiger partial charge in [-0.1, -0.05) is 12.1 Å². The van der Waals surface area contributed by atoms with Crippen LogP contribution in [0.15, 0.2) is 10.6 Å². The van der Waals surface area contributed by atoms with Gasteiger partial charge in [-0.2, -0.15) is 0 Å². The van der Waals surface area contributed by atoms with Crippen molar-refractivity contribution in [3.05, 3.63) is 34.6 Å². The van der Waals surface area contributed by atoms with E-state index in [-0.39, 0.29) is 6.04 Å². The van der Waals surface area contributed by atoms with Crippen molar-refractivity contribution < 1.29 is 4.52 Å². The lowest BCUT2D eigenvalue weighted by molar-refractivity contribution is 0.392. The number of rotatable bonds is 4. The number of nitrogens with one attached hydrogen (secondary N) is 1. The molecule has 2 aromatic heterocycles. The smallest absolute Gasteiger partial charge is 0.139 e. The standard InChI is InChI=1S/C14H20N4O/c1-6-12-7-13(17-11(5)16-12)15-8(2)14-9(3)18-19-10(14)4/h7-8H,6H2,1-5H3,(H,15,16,17).